The first-order chi connectivity index (χ1) is 9.06. The molecule has 0 spiro atoms. The predicted molar refractivity (Wildman–Crippen MR) is 74.3 cm³/mol. The third kappa shape index (κ3) is 3.53. The van der Waals surface area contributed by atoms with Crippen molar-refractivity contribution in [3.8, 4) is 0 Å². The van der Waals surface area contributed by atoms with Gasteiger partial charge < -0.3 is 5.32 Å². The summed E-state index contributed by atoms with van der Waals surface area (Å²) in [5, 5.41) is 3.25. The SMILES string of the molecule is Cc1cc(NC(C)Cc2ccccc2F)ccc1F. The van der Waals surface area contributed by atoms with Gasteiger partial charge in [0.25, 0.3) is 0 Å². The lowest BCUT2D eigenvalue weighted by Crippen LogP contribution is -2.18. The first-order valence-electron chi connectivity index (χ1n) is 6.32. The lowest BCUT2D eigenvalue weighted by molar-refractivity contribution is 0.601. The number of benzene rings is 2. The fourth-order valence-corrected chi connectivity index (χ4v) is 2.06. The quantitative estimate of drug-likeness (QED) is 0.864. The summed E-state index contributed by atoms with van der Waals surface area (Å²) < 4.78 is 26.7. The molecule has 100 valence electrons. The van der Waals surface area contributed by atoms with Crippen LogP contribution in [0.1, 0.15) is 18.1 Å². The van der Waals surface area contributed by atoms with E-state index in [-0.39, 0.29) is 17.7 Å². The van der Waals surface area contributed by atoms with Gasteiger partial charge in [-0.05, 0) is 55.7 Å². The number of rotatable bonds is 4. The molecule has 0 aromatic heterocycles. The standard InChI is InChI=1S/C16H17F2N/c1-11-9-14(7-8-15(11)17)19-12(2)10-13-5-3-4-6-16(13)18/h3-9,12,19H,10H2,1-2H3. The summed E-state index contributed by atoms with van der Waals surface area (Å²) in [5.41, 5.74) is 2.13. The minimum absolute atomic E-state index is 0.0711. The van der Waals surface area contributed by atoms with Crippen LogP contribution in [0.15, 0.2) is 42.5 Å². The van der Waals surface area contributed by atoms with Crippen LogP contribution >= 0.6 is 0 Å². The highest BCUT2D eigenvalue weighted by molar-refractivity contribution is 5.46. The molecule has 0 aliphatic rings. The molecule has 1 N–H and O–H groups in total. The number of nitrogens with one attached hydrogen (secondary N) is 1. The second-order valence-electron chi connectivity index (χ2n) is 4.80. The van der Waals surface area contributed by atoms with E-state index in [0.717, 1.165) is 5.69 Å². The molecular weight excluding hydrogens is 244 g/mol. The van der Waals surface area contributed by atoms with Crippen molar-refractivity contribution in [3.05, 3.63) is 65.2 Å². The molecule has 1 atom stereocenters. The van der Waals surface area contributed by atoms with Crippen molar-refractivity contribution in [2.75, 3.05) is 5.32 Å². The van der Waals surface area contributed by atoms with Crippen molar-refractivity contribution in [1.82, 2.24) is 0 Å². The molecule has 0 radical (unpaired) electrons. The van der Waals surface area contributed by atoms with Gasteiger partial charge in [0.2, 0.25) is 0 Å². The Kier molecular flexibility index (Phi) is 4.15. The van der Waals surface area contributed by atoms with E-state index in [1.807, 2.05) is 13.0 Å². The lowest BCUT2D eigenvalue weighted by atomic mass is 10.1. The van der Waals surface area contributed by atoms with Crippen molar-refractivity contribution in [1.29, 1.82) is 0 Å². The molecule has 1 unspecified atom stereocenters. The van der Waals surface area contributed by atoms with Gasteiger partial charge >= 0.3 is 0 Å². The lowest BCUT2D eigenvalue weighted by Gasteiger charge is -2.16. The van der Waals surface area contributed by atoms with E-state index < -0.39 is 0 Å². The zero-order valence-corrected chi connectivity index (χ0v) is 11.1. The first kappa shape index (κ1) is 13.5. The maximum absolute atomic E-state index is 13.5. The molecule has 3 heteroatoms. The summed E-state index contributed by atoms with van der Waals surface area (Å²) in [5.74, 6) is -0.404. The van der Waals surface area contributed by atoms with E-state index in [9.17, 15) is 8.78 Å². The normalized spacial score (nSPS) is 12.2. The summed E-state index contributed by atoms with van der Waals surface area (Å²) in [4.78, 5) is 0. The summed E-state index contributed by atoms with van der Waals surface area (Å²) in [6.45, 7) is 3.70. The van der Waals surface area contributed by atoms with Crippen LogP contribution in [0.4, 0.5) is 14.5 Å². The fraction of sp³-hybridized carbons (Fsp3) is 0.250. The van der Waals surface area contributed by atoms with Crippen molar-refractivity contribution in [2.24, 2.45) is 0 Å². The Labute approximate surface area is 112 Å². The van der Waals surface area contributed by atoms with Crippen LogP contribution < -0.4 is 5.32 Å². The third-order valence-electron chi connectivity index (χ3n) is 3.05. The summed E-state index contributed by atoms with van der Waals surface area (Å²) >= 11 is 0. The molecule has 0 saturated carbocycles. The maximum Gasteiger partial charge on any atom is 0.126 e. The molecule has 0 bridgehead atoms. The Balaban J connectivity index is 2.03. The highest BCUT2D eigenvalue weighted by Gasteiger charge is 2.08. The Morgan fingerprint density at radius 1 is 1.05 bits per heavy atom. The monoisotopic (exact) mass is 261 g/mol. The van der Waals surface area contributed by atoms with E-state index in [4.69, 9.17) is 0 Å². The van der Waals surface area contributed by atoms with E-state index in [1.165, 1.54) is 12.1 Å². The molecule has 2 rings (SSSR count). The van der Waals surface area contributed by atoms with Gasteiger partial charge in [0.05, 0.1) is 0 Å². The van der Waals surface area contributed by atoms with Gasteiger partial charge in [-0.25, -0.2) is 8.78 Å². The van der Waals surface area contributed by atoms with Crippen LogP contribution in [-0.2, 0) is 6.42 Å². The van der Waals surface area contributed by atoms with Crippen LogP contribution in [0, 0.1) is 18.6 Å². The van der Waals surface area contributed by atoms with Crippen LogP contribution in [-0.4, -0.2) is 6.04 Å². The first-order valence-corrected chi connectivity index (χ1v) is 6.32. The number of hydrogen-bond donors (Lipinski definition) is 1. The van der Waals surface area contributed by atoms with Gasteiger partial charge in [-0.1, -0.05) is 18.2 Å². The molecule has 1 nitrogen and oxygen atoms in total. The summed E-state index contributed by atoms with van der Waals surface area (Å²) in [6.07, 6.45) is 0.586. The van der Waals surface area contributed by atoms with E-state index >= 15 is 0 Å². The predicted octanol–water partition coefficient (Wildman–Crippen LogP) is 4.32. The minimum Gasteiger partial charge on any atom is -0.382 e. The largest absolute Gasteiger partial charge is 0.382 e. The van der Waals surface area contributed by atoms with Crippen LogP contribution in [0.25, 0.3) is 0 Å². The number of anilines is 1. The average Bonchev–Trinajstić information content (AvgIpc) is 2.37. The van der Waals surface area contributed by atoms with E-state index in [1.54, 1.807) is 31.2 Å². The Bertz CT molecular complexity index is 566. The van der Waals surface area contributed by atoms with Gasteiger partial charge in [-0.3, -0.25) is 0 Å². The minimum atomic E-state index is -0.215. The Hall–Kier alpha value is -1.90. The number of halogens is 2. The Morgan fingerprint density at radius 2 is 1.79 bits per heavy atom. The summed E-state index contributed by atoms with van der Waals surface area (Å²) in [6, 6.07) is 11.7. The zero-order chi connectivity index (χ0) is 13.8. The molecule has 2 aromatic rings. The molecule has 19 heavy (non-hydrogen) atoms. The Morgan fingerprint density at radius 3 is 2.47 bits per heavy atom. The number of aryl methyl sites for hydroxylation is 1. The molecule has 0 saturated heterocycles. The highest BCUT2D eigenvalue weighted by Crippen LogP contribution is 2.16. The van der Waals surface area contributed by atoms with Gasteiger partial charge in [0, 0.05) is 11.7 Å². The molecule has 0 aliphatic carbocycles. The van der Waals surface area contributed by atoms with Crippen molar-refractivity contribution < 1.29 is 8.78 Å². The van der Waals surface area contributed by atoms with E-state index in [0.29, 0.717) is 17.5 Å². The van der Waals surface area contributed by atoms with Crippen LogP contribution in [0.3, 0.4) is 0 Å². The van der Waals surface area contributed by atoms with Crippen molar-refractivity contribution in [2.45, 2.75) is 26.3 Å². The highest BCUT2D eigenvalue weighted by atomic mass is 19.1. The molecule has 2 aromatic carbocycles. The molecular formula is C16H17F2N. The topological polar surface area (TPSA) is 12.0 Å². The molecule has 0 fully saturated rings. The van der Waals surface area contributed by atoms with Gasteiger partial charge in [0.1, 0.15) is 11.6 Å². The average molecular weight is 261 g/mol. The zero-order valence-electron chi connectivity index (χ0n) is 11.1. The van der Waals surface area contributed by atoms with E-state index in [2.05, 4.69) is 5.32 Å². The van der Waals surface area contributed by atoms with Crippen molar-refractivity contribution in [3.63, 3.8) is 0 Å². The second kappa shape index (κ2) is 5.83. The van der Waals surface area contributed by atoms with Crippen molar-refractivity contribution >= 4 is 5.69 Å². The fourth-order valence-electron chi connectivity index (χ4n) is 2.06. The number of hydrogen-bond acceptors (Lipinski definition) is 1. The molecule has 0 aliphatic heterocycles. The molecule has 0 heterocycles. The maximum atomic E-state index is 13.5. The van der Waals surface area contributed by atoms with Gasteiger partial charge in [-0.2, -0.15) is 0 Å². The van der Waals surface area contributed by atoms with Gasteiger partial charge in [0.15, 0.2) is 0 Å². The second-order valence-corrected chi connectivity index (χ2v) is 4.80. The van der Waals surface area contributed by atoms with Gasteiger partial charge in [-0.15, -0.1) is 0 Å². The summed E-state index contributed by atoms with van der Waals surface area (Å²) in [7, 11) is 0. The smallest absolute Gasteiger partial charge is 0.126 e. The van der Waals surface area contributed by atoms with Crippen LogP contribution in [0.5, 0.6) is 0 Å². The van der Waals surface area contributed by atoms with Crippen LogP contribution in [0.2, 0.25) is 0 Å². The molecule has 0 amide bonds. The third-order valence-corrected chi connectivity index (χ3v) is 3.05.